The van der Waals surface area contributed by atoms with E-state index in [2.05, 4.69) is 4.90 Å². The third-order valence-electron chi connectivity index (χ3n) is 3.84. The number of rotatable bonds is 5. The van der Waals surface area contributed by atoms with E-state index in [1.165, 1.54) is 12.8 Å². The van der Waals surface area contributed by atoms with E-state index in [0.29, 0.717) is 0 Å². The Morgan fingerprint density at radius 3 is 2.42 bits per heavy atom. The van der Waals surface area contributed by atoms with Gasteiger partial charge in [0.25, 0.3) is 5.69 Å². The zero-order valence-electron chi connectivity index (χ0n) is 11.1. The van der Waals surface area contributed by atoms with Gasteiger partial charge in [0, 0.05) is 18.7 Å². The van der Waals surface area contributed by atoms with Crippen LogP contribution in [0.5, 0.6) is 0 Å². The number of hydrogen-bond acceptors (Lipinski definition) is 4. The van der Waals surface area contributed by atoms with Crippen molar-refractivity contribution in [2.24, 2.45) is 11.7 Å². The number of nitro benzene ring substituents is 1. The van der Waals surface area contributed by atoms with Gasteiger partial charge < -0.3 is 5.73 Å². The van der Waals surface area contributed by atoms with Crippen molar-refractivity contribution in [3.05, 3.63) is 39.9 Å². The summed E-state index contributed by atoms with van der Waals surface area (Å²) in [4.78, 5) is 12.6. The molecule has 1 saturated heterocycles. The molecule has 0 radical (unpaired) electrons. The molecule has 0 amide bonds. The normalized spacial score (nSPS) is 17.5. The van der Waals surface area contributed by atoms with Gasteiger partial charge in [-0.15, -0.1) is 0 Å². The zero-order chi connectivity index (χ0) is 13.7. The molecule has 0 unspecified atom stereocenters. The first-order valence-corrected chi connectivity index (χ1v) is 6.85. The second kappa shape index (κ2) is 6.63. The number of nitrogens with zero attached hydrogens (tertiary/aromatic N) is 2. The van der Waals surface area contributed by atoms with E-state index in [4.69, 9.17) is 5.73 Å². The van der Waals surface area contributed by atoms with Crippen molar-refractivity contribution < 1.29 is 4.92 Å². The second-order valence-electron chi connectivity index (χ2n) is 5.22. The summed E-state index contributed by atoms with van der Waals surface area (Å²) in [7, 11) is 0. The molecule has 5 heteroatoms. The van der Waals surface area contributed by atoms with Crippen LogP contribution in [0.25, 0.3) is 0 Å². The Kier molecular flexibility index (Phi) is 4.87. The SMILES string of the molecule is NCCC1CCN(Cc2ccc([N+](=O)[O-])cc2)CC1. The van der Waals surface area contributed by atoms with E-state index >= 15 is 0 Å². The molecule has 1 aliphatic heterocycles. The molecule has 0 bridgehead atoms. The van der Waals surface area contributed by atoms with Gasteiger partial charge >= 0.3 is 0 Å². The van der Waals surface area contributed by atoms with Crippen molar-refractivity contribution in [1.82, 2.24) is 4.90 Å². The van der Waals surface area contributed by atoms with Crippen LogP contribution in [0.1, 0.15) is 24.8 Å². The first kappa shape index (κ1) is 14.0. The Balaban J connectivity index is 1.83. The highest BCUT2D eigenvalue weighted by Crippen LogP contribution is 2.21. The number of hydrogen-bond donors (Lipinski definition) is 1. The van der Waals surface area contributed by atoms with Crippen molar-refractivity contribution in [2.45, 2.75) is 25.8 Å². The molecule has 19 heavy (non-hydrogen) atoms. The fraction of sp³-hybridized carbons (Fsp3) is 0.571. The van der Waals surface area contributed by atoms with Crippen LogP contribution in [-0.4, -0.2) is 29.5 Å². The molecule has 0 saturated carbocycles. The lowest BCUT2D eigenvalue weighted by Crippen LogP contribution is -2.33. The molecule has 0 aliphatic carbocycles. The van der Waals surface area contributed by atoms with Gasteiger partial charge in [-0.3, -0.25) is 15.0 Å². The smallest absolute Gasteiger partial charge is 0.269 e. The fourth-order valence-corrected chi connectivity index (χ4v) is 2.65. The van der Waals surface area contributed by atoms with E-state index < -0.39 is 0 Å². The minimum Gasteiger partial charge on any atom is -0.330 e. The Labute approximate surface area is 113 Å². The Morgan fingerprint density at radius 1 is 1.26 bits per heavy atom. The van der Waals surface area contributed by atoms with Crippen molar-refractivity contribution in [3.63, 3.8) is 0 Å². The van der Waals surface area contributed by atoms with Crippen molar-refractivity contribution in [3.8, 4) is 0 Å². The molecular formula is C14H21N3O2. The predicted molar refractivity (Wildman–Crippen MR) is 74.8 cm³/mol. The van der Waals surface area contributed by atoms with Crippen LogP contribution in [0, 0.1) is 16.0 Å². The van der Waals surface area contributed by atoms with Crippen LogP contribution in [-0.2, 0) is 6.54 Å². The maximum atomic E-state index is 10.6. The molecular weight excluding hydrogens is 242 g/mol. The minimum absolute atomic E-state index is 0.158. The van der Waals surface area contributed by atoms with Gasteiger partial charge in [0.2, 0.25) is 0 Å². The highest BCUT2D eigenvalue weighted by Gasteiger charge is 2.18. The first-order valence-electron chi connectivity index (χ1n) is 6.85. The van der Waals surface area contributed by atoms with E-state index in [-0.39, 0.29) is 10.6 Å². The van der Waals surface area contributed by atoms with Crippen LogP contribution < -0.4 is 5.73 Å². The number of non-ortho nitro benzene ring substituents is 1. The van der Waals surface area contributed by atoms with Crippen molar-refractivity contribution >= 4 is 5.69 Å². The molecule has 2 rings (SSSR count). The van der Waals surface area contributed by atoms with E-state index in [0.717, 1.165) is 44.1 Å². The monoisotopic (exact) mass is 263 g/mol. The van der Waals surface area contributed by atoms with Crippen molar-refractivity contribution in [1.29, 1.82) is 0 Å². The molecule has 1 aliphatic rings. The highest BCUT2D eigenvalue weighted by molar-refractivity contribution is 5.32. The summed E-state index contributed by atoms with van der Waals surface area (Å²) in [6.07, 6.45) is 3.56. The average Bonchev–Trinajstić information content (AvgIpc) is 2.42. The number of piperidine rings is 1. The third kappa shape index (κ3) is 4.01. The average molecular weight is 263 g/mol. The molecule has 1 aromatic carbocycles. The molecule has 2 N–H and O–H groups in total. The maximum absolute atomic E-state index is 10.6. The Hall–Kier alpha value is -1.46. The van der Waals surface area contributed by atoms with Crippen LogP contribution >= 0.6 is 0 Å². The number of nitro groups is 1. The largest absolute Gasteiger partial charge is 0.330 e. The molecule has 1 fully saturated rings. The van der Waals surface area contributed by atoms with Crippen LogP contribution in [0.2, 0.25) is 0 Å². The van der Waals surface area contributed by atoms with Gasteiger partial charge in [-0.1, -0.05) is 12.1 Å². The van der Waals surface area contributed by atoms with Gasteiger partial charge in [0.05, 0.1) is 4.92 Å². The van der Waals surface area contributed by atoms with Gasteiger partial charge in [-0.05, 0) is 50.4 Å². The highest BCUT2D eigenvalue weighted by atomic mass is 16.6. The first-order chi connectivity index (χ1) is 9.19. The standard InChI is InChI=1S/C14H21N3O2/c15-8-5-12-6-9-16(10-7-12)11-13-1-3-14(4-2-13)17(18)19/h1-4,12H,5-11,15H2. The molecule has 1 aromatic rings. The van der Waals surface area contributed by atoms with Crippen LogP contribution in [0.4, 0.5) is 5.69 Å². The lowest BCUT2D eigenvalue weighted by atomic mass is 9.93. The Morgan fingerprint density at radius 2 is 1.89 bits per heavy atom. The second-order valence-corrected chi connectivity index (χ2v) is 5.22. The summed E-state index contributed by atoms with van der Waals surface area (Å²) < 4.78 is 0. The topological polar surface area (TPSA) is 72.4 Å². The van der Waals surface area contributed by atoms with Crippen molar-refractivity contribution in [2.75, 3.05) is 19.6 Å². The fourth-order valence-electron chi connectivity index (χ4n) is 2.65. The summed E-state index contributed by atoms with van der Waals surface area (Å²) in [6.45, 7) is 3.86. The summed E-state index contributed by atoms with van der Waals surface area (Å²) in [6, 6.07) is 6.86. The minimum atomic E-state index is -0.359. The maximum Gasteiger partial charge on any atom is 0.269 e. The van der Waals surface area contributed by atoms with Crippen LogP contribution in [0.3, 0.4) is 0 Å². The molecule has 104 valence electrons. The predicted octanol–water partition coefficient (Wildman–Crippen LogP) is 2.16. The molecule has 0 spiro atoms. The summed E-state index contributed by atoms with van der Waals surface area (Å²) in [5.41, 5.74) is 6.89. The molecule has 0 atom stereocenters. The Bertz CT molecular complexity index is 411. The van der Waals surface area contributed by atoms with Gasteiger partial charge in [0.1, 0.15) is 0 Å². The quantitative estimate of drug-likeness (QED) is 0.652. The van der Waals surface area contributed by atoms with E-state index in [9.17, 15) is 10.1 Å². The number of benzene rings is 1. The summed E-state index contributed by atoms with van der Waals surface area (Å²) >= 11 is 0. The summed E-state index contributed by atoms with van der Waals surface area (Å²) in [5.74, 6) is 0.776. The third-order valence-corrected chi connectivity index (χ3v) is 3.84. The van der Waals surface area contributed by atoms with Gasteiger partial charge in [-0.2, -0.15) is 0 Å². The molecule has 5 nitrogen and oxygen atoms in total. The summed E-state index contributed by atoms with van der Waals surface area (Å²) in [5, 5.41) is 10.6. The lowest BCUT2D eigenvalue weighted by molar-refractivity contribution is -0.384. The lowest BCUT2D eigenvalue weighted by Gasteiger charge is -2.31. The number of nitrogens with two attached hydrogens (primary N) is 1. The number of likely N-dealkylation sites (tertiary alicyclic amines) is 1. The molecule has 1 heterocycles. The molecule has 0 aromatic heterocycles. The zero-order valence-corrected chi connectivity index (χ0v) is 11.1. The van der Waals surface area contributed by atoms with E-state index in [1.54, 1.807) is 12.1 Å². The van der Waals surface area contributed by atoms with Crippen LogP contribution in [0.15, 0.2) is 24.3 Å². The van der Waals surface area contributed by atoms with Gasteiger partial charge in [-0.25, -0.2) is 0 Å². The van der Waals surface area contributed by atoms with Gasteiger partial charge in [0.15, 0.2) is 0 Å². The van der Waals surface area contributed by atoms with E-state index in [1.807, 2.05) is 12.1 Å².